The van der Waals surface area contributed by atoms with Crippen LogP contribution in [0.5, 0.6) is 0 Å². The molecule has 0 unspecified atom stereocenters. The summed E-state index contributed by atoms with van der Waals surface area (Å²) in [6.07, 6.45) is 0. The van der Waals surface area contributed by atoms with Crippen LogP contribution in [0.3, 0.4) is 0 Å². The van der Waals surface area contributed by atoms with E-state index in [1.165, 1.54) is 13.8 Å². The fourth-order valence-corrected chi connectivity index (χ4v) is 0.516. The van der Waals surface area contributed by atoms with E-state index >= 15 is 0 Å². The van der Waals surface area contributed by atoms with Crippen LogP contribution in [-0.2, 0) is 14.9 Å². The van der Waals surface area contributed by atoms with E-state index in [0.717, 1.165) is 26.3 Å². The van der Waals surface area contributed by atoms with Crippen molar-refractivity contribution in [2.45, 2.75) is 19.1 Å². The third-order valence-corrected chi connectivity index (χ3v) is 2.58. The standard InChI is InChI=1S/C4H9NO.C3H8O3S.Na/c1-3-6-4-2-5-1;1-3(2)7(4,5)6;/h5H,1-4H2;3H,1-2H3,(H,4,5,6);/q;;+1/p-1. The Balaban J connectivity index is 0. The molecule has 80 valence electrons. The first-order valence-electron chi connectivity index (χ1n) is 4.17. The largest absolute Gasteiger partial charge is 1.00 e. The normalized spacial score (nSPS) is 16.6. The van der Waals surface area contributed by atoms with Gasteiger partial charge in [-0.05, 0) is 13.8 Å². The van der Waals surface area contributed by atoms with Crippen molar-refractivity contribution in [3.8, 4) is 0 Å². The van der Waals surface area contributed by atoms with Crippen molar-refractivity contribution < 1.29 is 47.3 Å². The van der Waals surface area contributed by atoms with E-state index in [-0.39, 0.29) is 29.6 Å². The third kappa shape index (κ3) is 10.9. The second-order valence-electron chi connectivity index (χ2n) is 2.90. The van der Waals surface area contributed by atoms with Crippen LogP contribution in [0.2, 0.25) is 0 Å². The van der Waals surface area contributed by atoms with Crippen LogP contribution < -0.4 is 34.9 Å². The third-order valence-electron chi connectivity index (χ3n) is 1.42. The summed E-state index contributed by atoms with van der Waals surface area (Å²) in [5.41, 5.74) is 0. The van der Waals surface area contributed by atoms with Crippen LogP contribution in [0.4, 0.5) is 0 Å². The molecule has 0 aromatic rings. The Bertz CT molecular complexity index is 202. The topological polar surface area (TPSA) is 78.5 Å². The molecule has 0 bridgehead atoms. The maximum atomic E-state index is 9.78. The smallest absolute Gasteiger partial charge is 0.748 e. The molecule has 0 spiro atoms. The van der Waals surface area contributed by atoms with E-state index in [1.54, 1.807) is 0 Å². The van der Waals surface area contributed by atoms with Gasteiger partial charge in [0.2, 0.25) is 0 Å². The molecule has 7 heteroatoms. The van der Waals surface area contributed by atoms with Gasteiger partial charge in [0, 0.05) is 18.3 Å². The fraction of sp³-hybridized carbons (Fsp3) is 1.00. The average Bonchev–Trinajstić information content (AvgIpc) is 2.07. The van der Waals surface area contributed by atoms with Gasteiger partial charge in [0.05, 0.1) is 23.3 Å². The number of ether oxygens (including phenoxy) is 1. The molecule has 14 heavy (non-hydrogen) atoms. The minimum absolute atomic E-state index is 0. The van der Waals surface area contributed by atoms with Crippen LogP contribution in [-0.4, -0.2) is 44.5 Å². The summed E-state index contributed by atoms with van der Waals surface area (Å²) in [4.78, 5) is 0. The van der Waals surface area contributed by atoms with E-state index in [4.69, 9.17) is 4.74 Å². The van der Waals surface area contributed by atoms with Gasteiger partial charge in [-0.2, -0.15) is 0 Å². The maximum absolute atomic E-state index is 9.78. The van der Waals surface area contributed by atoms with Crippen LogP contribution in [0, 0.1) is 0 Å². The summed E-state index contributed by atoms with van der Waals surface area (Å²) >= 11 is 0. The first-order chi connectivity index (χ1) is 5.94. The van der Waals surface area contributed by atoms with E-state index < -0.39 is 15.4 Å². The van der Waals surface area contributed by atoms with Crippen molar-refractivity contribution in [1.82, 2.24) is 5.32 Å². The Labute approximate surface area is 108 Å². The molecule has 0 saturated carbocycles. The molecule has 5 nitrogen and oxygen atoms in total. The quantitative estimate of drug-likeness (QED) is 0.376. The van der Waals surface area contributed by atoms with Crippen molar-refractivity contribution in [2.75, 3.05) is 26.3 Å². The zero-order chi connectivity index (χ0) is 10.3. The van der Waals surface area contributed by atoms with Crippen molar-refractivity contribution in [3.63, 3.8) is 0 Å². The zero-order valence-corrected chi connectivity index (χ0v) is 11.8. The van der Waals surface area contributed by atoms with Gasteiger partial charge in [-0.25, -0.2) is 8.42 Å². The minimum atomic E-state index is -3.99. The molecule has 0 aromatic carbocycles. The summed E-state index contributed by atoms with van der Waals surface area (Å²) < 4.78 is 34.3. The van der Waals surface area contributed by atoms with Gasteiger partial charge in [0.15, 0.2) is 0 Å². The second-order valence-corrected chi connectivity index (χ2v) is 4.83. The van der Waals surface area contributed by atoms with Crippen LogP contribution in [0.25, 0.3) is 0 Å². The molecule has 1 saturated heterocycles. The van der Waals surface area contributed by atoms with Crippen LogP contribution in [0.15, 0.2) is 0 Å². The maximum Gasteiger partial charge on any atom is 1.00 e. The first-order valence-corrected chi connectivity index (χ1v) is 5.65. The van der Waals surface area contributed by atoms with E-state index in [1.807, 2.05) is 0 Å². The summed E-state index contributed by atoms with van der Waals surface area (Å²) in [5.74, 6) is 0. The molecule has 1 aliphatic rings. The average molecular weight is 233 g/mol. The monoisotopic (exact) mass is 233 g/mol. The van der Waals surface area contributed by atoms with Gasteiger partial charge in [-0.1, -0.05) is 0 Å². The Morgan fingerprint density at radius 3 is 1.71 bits per heavy atom. The van der Waals surface area contributed by atoms with Crippen LogP contribution >= 0.6 is 0 Å². The SMILES string of the molecule is C1COCCN1.CC(C)S(=O)(=O)[O-].[Na+]. The minimum Gasteiger partial charge on any atom is -0.748 e. The van der Waals surface area contributed by atoms with E-state index in [2.05, 4.69) is 5.32 Å². The number of morpholine rings is 1. The molecule has 0 radical (unpaired) electrons. The molecule has 0 amide bonds. The number of hydrogen-bond acceptors (Lipinski definition) is 5. The molecular weight excluding hydrogens is 217 g/mol. The zero-order valence-electron chi connectivity index (χ0n) is 8.95. The van der Waals surface area contributed by atoms with Gasteiger partial charge in [-0.3, -0.25) is 0 Å². The van der Waals surface area contributed by atoms with E-state index in [0.29, 0.717) is 0 Å². The van der Waals surface area contributed by atoms with Crippen molar-refractivity contribution in [3.05, 3.63) is 0 Å². The van der Waals surface area contributed by atoms with E-state index in [9.17, 15) is 13.0 Å². The predicted octanol–water partition coefficient (Wildman–Crippen LogP) is -3.45. The Hall–Kier alpha value is 0.830. The molecule has 1 heterocycles. The Kier molecular flexibility index (Phi) is 11.2. The number of hydrogen-bond donors (Lipinski definition) is 1. The number of nitrogens with one attached hydrogen (secondary N) is 1. The summed E-state index contributed by atoms with van der Waals surface area (Å²) in [6.45, 7) is 6.53. The Morgan fingerprint density at radius 2 is 1.64 bits per heavy atom. The molecule has 0 aromatic heterocycles. The van der Waals surface area contributed by atoms with Crippen molar-refractivity contribution >= 4 is 10.1 Å². The second kappa shape index (κ2) is 9.08. The van der Waals surface area contributed by atoms with Gasteiger partial charge in [0.1, 0.15) is 0 Å². The van der Waals surface area contributed by atoms with Crippen molar-refractivity contribution in [1.29, 1.82) is 0 Å². The first kappa shape index (κ1) is 17.2. The summed E-state index contributed by atoms with van der Waals surface area (Å²) in [5, 5.41) is 2.38. The molecule has 0 aliphatic carbocycles. The molecule has 1 N–H and O–H groups in total. The van der Waals surface area contributed by atoms with Crippen LogP contribution in [0.1, 0.15) is 13.8 Å². The Morgan fingerprint density at radius 1 is 1.29 bits per heavy atom. The summed E-state index contributed by atoms with van der Waals surface area (Å²) in [6, 6.07) is 0. The number of rotatable bonds is 1. The fourth-order valence-electron chi connectivity index (χ4n) is 0.516. The van der Waals surface area contributed by atoms with Gasteiger partial charge in [0.25, 0.3) is 0 Å². The molecule has 1 fully saturated rings. The molecular formula is C7H16NNaO4S. The van der Waals surface area contributed by atoms with Crippen molar-refractivity contribution in [2.24, 2.45) is 0 Å². The predicted molar refractivity (Wildman–Crippen MR) is 48.5 cm³/mol. The van der Waals surface area contributed by atoms with Gasteiger partial charge in [-0.15, -0.1) is 0 Å². The molecule has 0 atom stereocenters. The van der Waals surface area contributed by atoms with Gasteiger partial charge >= 0.3 is 29.6 Å². The molecule has 1 aliphatic heterocycles. The summed E-state index contributed by atoms with van der Waals surface area (Å²) in [7, 11) is -3.99. The van der Waals surface area contributed by atoms with Gasteiger partial charge < -0.3 is 14.6 Å². The molecule has 1 rings (SSSR count).